The largest absolute Gasteiger partial charge is 0.325 e. The highest BCUT2D eigenvalue weighted by Crippen LogP contribution is 2.35. The van der Waals surface area contributed by atoms with Crippen LogP contribution in [0.5, 0.6) is 0 Å². The Kier molecular flexibility index (Phi) is 4.67. The van der Waals surface area contributed by atoms with Gasteiger partial charge in [0.15, 0.2) is 0 Å². The summed E-state index contributed by atoms with van der Waals surface area (Å²) < 4.78 is 2.35. The number of rotatable bonds is 3. The molecule has 7 heteroatoms. The average Bonchev–Trinajstić information content (AvgIpc) is 2.97. The topological polar surface area (TPSA) is 64.0 Å². The molecule has 0 radical (unpaired) electrons. The second-order valence-electron chi connectivity index (χ2n) is 6.76. The minimum absolute atomic E-state index is 0.0428. The number of halogens is 1. The summed E-state index contributed by atoms with van der Waals surface area (Å²) >= 11 is 4.98. The zero-order valence-electron chi connectivity index (χ0n) is 14.3. The first-order chi connectivity index (χ1) is 12.5. The number of nitrogens with zero attached hydrogens (tertiary/aromatic N) is 2. The molecule has 3 aromatic rings. The minimum atomic E-state index is -0.242. The Hall–Kier alpha value is -1.99. The molecule has 134 valence electrons. The van der Waals surface area contributed by atoms with Crippen molar-refractivity contribution < 1.29 is 4.79 Å². The van der Waals surface area contributed by atoms with Crippen molar-refractivity contribution >= 4 is 49.1 Å². The van der Waals surface area contributed by atoms with Crippen LogP contribution in [0.3, 0.4) is 0 Å². The molecule has 0 saturated carbocycles. The molecule has 1 aromatic carbocycles. The third-order valence-corrected chi connectivity index (χ3v) is 6.42. The van der Waals surface area contributed by atoms with Crippen LogP contribution in [-0.4, -0.2) is 15.5 Å². The van der Waals surface area contributed by atoms with Gasteiger partial charge in [-0.1, -0.05) is 22.9 Å². The molecule has 0 saturated heterocycles. The standard InChI is InChI=1S/C19H18BrN3O2S/c1-11-2-7-14-15(8-11)26-18-17(14)19(25)23(10-21-18)9-16(24)22-13-5-3-12(20)4-6-13/h3-6,10-11H,2,7-9H2,1H3,(H,22,24). The van der Waals surface area contributed by atoms with E-state index in [2.05, 4.69) is 33.2 Å². The number of thiophene rings is 1. The van der Waals surface area contributed by atoms with Gasteiger partial charge in [0.05, 0.1) is 11.7 Å². The highest BCUT2D eigenvalue weighted by Gasteiger charge is 2.23. The molecule has 0 fully saturated rings. The molecule has 1 N–H and O–H groups in total. The van der Waals surface area contributed by atoms with Crippen LogP contribution >= 0.6 is 27.3 Å². The van der Waals surface area contributed by atoms with Crippen LogP contribution in [0.15, 0.2) is 39.9 Å². The quantitative estimate of drug-likeness (QED) is 0.681. The third kappa shape index (κ3) is 3.33. The third-order valence-electron chi connectivity index (χ3n) is 4.72. The summed E-state index contributed by atoms with van der Waals surface area (Å²) in [5, 5.41) is 3.51. The molecule has 1 unspecified atom stereocenters. The average molecular weight is 432 g/mol. The zero-order valence-corrected chi connectivity index (χ0v) is 16.7. The summed E-state index contributed by atoms with van der Waals surface area (Å²) in [6.45, 7) is 2.20. The fourth-order valence-electron chi connectivity index (χ4n) is 3.37. The number of nitrogens with one attached hydrogen (secondary N) is 1. The predicted octanol–water partition coefficient (Wildman–Crippen LogP) is 3.98. The number of anilines is 1. The van der Waals surface area contributed by atoms with Gasteiger partial charge in [0.25, 0.3) is 5.56 Å². The van der Waals surface area contributed by atoms with Gasteiger partial charge in [0, 0.05) is 15.0 Å². The molecule has 0 aliphatic heterocycles. The van der Waals surface area contributed by atoms with Gasteiger partial charge in [-0.05, 0) is 55.0 Å². The maximum Gasteiger partial charge on any atom is 0.262 e. The molecule has 26 heavy (non-hydrogen) atoms. The normalized spacial score (nSPS) is 16.5. The number of fused-ring (bicyclic) bond motifs is 3. The number of amides is 1. The maximum absolute atomic E-state index is 12.9. The van der Waals surface area contributed by atoms with Gasteiger partial charge in [0.2, 0.25) is 5.91 Å². The number of carbonyl (C=O) groups is 1. The van der Waals surface area contributed by atoms with Crippen LogP contribution in [-0.2, 0) is 24.2 Å². The van der Waals surface area contributed by atoms with Gasteiger partial charge in [0.1, 0.15) is 11.4 Å². The van der Waals surface area contributed by atoms with E-state index in [1.807, 2.05) is 24.3 Å². The monoisotopic (exact) mass is 431 g/mol. The fraction of sp³-hybridized carbons (Fsp3) is 0.316. The van der Waals surface area contributed by atoms with E-state index >= 15 is 0 Å². The highest BCUT2D eigenvalue weighted by atomic mass is 79.9. The molecule has 1 amide bonds. The Morgan fingerprint density at radius 1 is 1.38 bits per heavy atom. The molecule has 0 bridgehead atoms. The summed E-state index contributed by atoms with van der Waals surface area (Å²) in [6, 6.07) is 7.33. The van der Waals surface area contributed by atoms with Crippen molar-refractivity contribution in [2.24, 2.45) is 5.92 Å². The van der Waals surface area contributed by atoms with Gasteiger partial charge in [-0.25, -0.2) is 4.98 Å². The summed E-state index contributed by atoms with van der Waals surface area (Å²) in [6.07, 6.45) is 4.51. The smallest absolute Gasteiger partial charge is 0.262 e. The van der Waals surface area contributed by atoms with E-state index in [0.29, 0.717) is 17.0 Å². The number of aromatic nitrogens is 2. The van der Waals surface area contributed by atoms with Crippen LogP contribution in [0.1, 0.15) is 23.8 Å². The highest BCUT2D eigenvalue weighted by molar-refractivity contribution is 9.10. The van der Waals surface area contributed by atoms with Gasteiger partial charge >= 0.3 is 0 Å². The summed E-state index contributed by atoms with van der Waals surface area (Å²) in [4.78, 5) is 31.7. The second-order valence-corrected chi connectivity index (χ2v) is 8.76. The van der Waals surface area contributed by atoms with E-state index in [-0.39, 0.29) is 18.0 Å². The lowest BCUT2D eigenvalue weighted by atomic mass is 9.89. The lowest BCUT2D eigenvalue weighted by molar-refractivity contribution is -0.116. The molecular weight excluding hydrogens is 414 g/mol. The van der Waals surface area contributed by atoms with E-state index in [9.17, 15) is 9.59 Å². The van der Waals surface area contributed by atoms with Crippen LogP contribution in [0, 0.1) is 5.92 Å². The fourth-order valence-corrected chi connectivity index (χ4v) is 4.97. The number of aryl methyl sites for hydroxylation is 1. The number of hydrogen-bond acceptors (Lipinski definition) is 4. The van der Waals surface area contributed by atoms with Crippen molar-refractivity contribution in [1.82, 2.24) is 9.55 Å². The van der Waals surface area contributed by atoms with Crippen LogP contribution in [0.4, 0.5) is 5.69 Å². The summed E-state index contributed by atoms with van der Waals surface area (Å²) in [5.41, 5.74) is 1.72. The van der Waals surface area contributed by atoms with E-state index in [1.54, 1.807) is 11.3 Å². The summed E-state index contributed by atoms with van der Waals surface area (Å²) in [7, 11) is 0. The van der Waals surface area contributed by atoms with Crippen molar-refractivity contribution in [3.8, 4) is 0 Å². The van der Waals surface area contributed by atoms with Crippen molar-refractivity contribution in [3.05, 3.63) is 55.9 Å². The minimum Gasteiger partial charge on any atom is -0.325 e. The number of carbonyl (C=O) groups excluding carboxylic acids is 1. The predicted molar refractivity (Wildman–Crippen MR) is 108 cm³/mol. The van der Waals surface area contributed by atoms with Crippen molar-refractivity contribution in [2.75, 3.05) is 5.32 Å². The lowest BCUT2D eigenvalue weighted by Gasteiger charge is -2.17. The molecule has 2 aromatic heterocycles. The zero-order chi connectivity index (χ0) is 18.3. The Morgan fingerprint density at radius 3 is 2.92 bits per heavy atom. The lowest BCUT2D eigenvalue weighted by Crippen LogP contribution is -2.28. The van der Waals surface area contributed by atoms with Gasteiger partial charge in [-0.2, -0.15) is 0 Å². The van der Waals surface area contributed by atoms with Crippen molar-refractivity contribution in [1.29, 1.82) is 0 Å². The van der Waals surface area contributed by atoms with E-state index < -0.39 is 0 Å². The first-order valence-electron chi connectivity index (χ1n) is 8.56. The molecular formula is C19H18BrN3O2S. The second kappa shape index (κ2) is 6.96. The molecule has 1 atom stereocenters. The molecule has 1 aliphatic rings. The van der Waals surface area contributed by atoms with Gasteiger partial charge < -0.3 is 5.32 Å². The van der Waals surface area contributed by atoms with Crippen LogP contribution in [0.2, 0.25) is 0 Å². The molecule has 1 aliphatic carbocycles. The Balaban J connectivity index is 1.61. The van der Waals surface area contributed by atoms with Gasteiger partial charge in [-0.15, -0.1) is 11.3 Å². The van der Waals surface area contributed by atoms with Crippen molar-refractivity contribution in [3.63, 3.8) is 0 Å². The first-order valence-corrected chi connectivity index (χ1v) is 10.2. The van der Waals surface area contributed by atoms with E-state index in [0.717, 1.165) is 34.1 Å². The van der Waals surface area contributed by atoms with E-state index in [1.165, 1.54) is 15.8 Å². The molecule has 5 nitrogen and oxygen atoms in total. The van der Waals surface area contributed by atoms with Gasteiger partial charge in [-0.3, -0.25) is 14.2 Å². The Labute approximate surface area is 163 Å². The number of benzene rings is 1. The number of hydrogen-bond donors (Lipinski definition) is 1. The molecule has 0 spiro atoms. The van der Waals surface area contributed by atoms with Crippen LogP contribution < -0.4 is 10.9 Å². The van der Waals surface area contributed by atoms with Crippen molar-refractivity contribution in [2.45, 2.75) is 32.7 Å². The SMILES string of the molecule is CC1CCc2c(sc3ncn(CC(=O)Nc4ccc(Br)cc4)c(=O)c23)C1. The molecule has 2 heterocycles. The Morgan fingerprint density at radius 2 is 2.15 bits per heavy atom. The Bertz CT molecular complexity index is 1040. The molecule has 4 rings (SSSR count). The summed E-state index contributed by atoms with van der Waals surface area (Å²) in [5.74, 6) is 0.405. The maximum atomic E-state index is 12.9. The first kappa shape index (κ1) is 17.4. The van der Waals surface area contributed by atoms with E-state index in [4.69, 9.17) is 0 Å². The van der Waals surface area contributed by atoms with Crippen LogP contribution in [0.25, 0.3) is 10.2 Å².